The second-order valence-electron chi connectivity index (χ2n) is 5.60. The van der Waals surface area contributed by atoms with Crippen LogP contribution in [0.3, 0.4) is 0 Å². The molecule has 2 nitrogen and oxygen atoms in total. The molecule has 0 N–H and O–H groups in total. The highest BCUT2D eigenvalue weighted by Gasteiger charge is 2.43. The van der Waals surface area contributed by atoms with Gasteiger partial charge in [-0.1, -0.05) is 19.1 Å². The van der Waals surface area contributed by atoms with E-state index in [1.54, 1.807) is 0 Å². The molecule has 1 aromatic rings. The molecule has 0 amide bonds. The van der Waals surface area contributed by atoms with E-state index in [1.807, 2.05) is 0 Å². The van der Waals surface area contributed by atoms with Crippen LogP contribution in [0.25, 0.3) is 0 Å². The molecule has 2 aliphatic rings. The highest BCUT2D eigenvalue weighted by atomic mass is 16.5. The third kappa shape index (κ3) is 1.79. The van der Waals surface area contributed by atoms with Crippen molar-refractivity contribution in [2.75, 3.05) is 0 Å². The van der Waals surface area contributed by atoms with Crippen molar-refractivity contribution in [1.82, 2.24) is 0 Å². The summed E-state index contributed by atoms with van der Waals surface area (Å²) in [4.78, 5) is 0. The van der Waals surface area contributed by atoms with Gasteiger partial charge in [-0.2, -0.15) is 5.26 Å². The first-order chi connectivity index (χ1) is 8.76. The van der Waals surface area contributed by atoms with Crippen LogP contribution in [-0.4, -0.2) is 5.60 Å². The van der Waals surface area contributed by atoms with Crippen LogP contribution in [0, 0.1) is 11.3 Å². The van der Waals surface area contributed by atoms with E-state index in [4.69, 9.17) is 4.74 Å². The zero-order chi connectivity index (χ0) is 12.6. The van der Waals surface area contributed by atoms with Crippen LogP contribution in [0.5, 0.6) is 5.75 Å². The normalized spacial score (nSPS) is 24.3. The highest BCUT2D eigenvalue weighted by molar-refractivity contribution is 5.45. The van der Waals surface area contributed by atoms with Gasteiger partial charge in [0.1, 0.15) is 11.4 Å². The van der Waals surface area contributed by atoms with E-state index in [9.17, 15) is 5.26 Å². The van der Waals surface area contributed by atoms with Gasteiger partial charge in [-0.3, -0.25) is 0 Å². The van der Waals surface area contributed by atoms with Crippen molar-refractivity contribution < 1.29 is 4.74 Å². The Balaban J connectivity index is 2.01. The van der Waals surface area contributed by atoms with Crippen LogP contribution in [0.15, 0.2) is 18.2 Å². The molecule has 3 rings (SSSR count). The molecule has 18 heavy (non-hydrogen) atoms. The number of hydrogen-bond acceptors (Lipinski definition) is 2. The molecule has 1 aliphatic heterocycles. The molecular formula is C16H19NO. The summed E-state index contributed by atoms with van der Waals surface area (Å²) in [6.07, 6.45) is 6.58. The van der Waals surface area contributed by atoms with E-state index in [1.165, 1.54) is 18.4 Å². The lowest BCUT2D eigenvalue weighted by Crippen LogP contribution is -2.38. The molecule has 1 fully saturated rings. The fourth-order valence-corrected chi connectivity index (χ4v) is 3.38. The number of rotatable bonds is 1. The molecule has 1 aliphatic carbocycles. The van der Waals surface area contributed by atoms with Gasteiger partial charge in [0.25, 0.3) is 0 Å². The topological polar surface area (TPSA) is 33.0 Å². The Labute approximate surface area is 109 Å². The molecule has 2 heteroatoms. The van der Waals surface area contributed by atoms with Gasteiger partial charge in [-0.15, -0.1) is 0 Å². The average molecular weight is 241 g/mol. The second kappa shape index (κ2) is 4.31. The van der Waals surface area contributed by atoms with Gasteiger partial charge in [-0.25, -0.2) is 0 Å². The summed E-state index contributed by atoms with van der Waals surface area (Å²) in [6.45, 7) is 2.14. The Bertz CT molecular complexity index is 494. The van der Waals surface area contributed by atoms with E-state index in [0.29, 0.717) is 0 Å². The molecule has 0 aromatic heterocycles. The van der Waals surface area contributed by atoms with Crippen molar-refractivity contribution in [3.63, 3.8) is 0 Å². The van der Waals surface area contributed by atoms with Crippen LogP contribution in [-0.2, 0) is 6.42 Å². The predicted molar refractivity (Wildman–Crippen MR) is 70.6 cm³/mol. The number of fused-ring (bicyclic) bond motifs is 1. The summed E-state index contributed by atoms with van der Waals surface area (Å²) < 4.78 is 6.26. The molecule has 0 radical (unpaired) electrons. The first-order valence-electron chi connectivity index (χ1n) is 6.98. The third-order valence-electron chi connectivity index (χ3n) is 4.43. The van der Waals surface area contributed by atoms with Gasteiger partial charge in [0, 0.05) is 12.0 Å². The van der Waals surface area contributed by atoms with Crippen LogP contribution in [0.4, 0.5) is 0 Å². The summed E-state index contributed by atoms with van der Waals surface area (Å²) in [7, 11) is 0. The number of nitriles is 1. The first-order valence-corrected chi connectivity index (χ1v) is 6.98. The molecule has 1 atom stereocenters. The molecule has 1 unspecified atom stereocenters. The molecular weight excluding hydrogens is 222 g/mol. The maximum atomic E-state index is 9.44. The fourth-order valence-electron chi connectivity index (χ4n) is 3.38. The van der Waals surface area contributed by atoms with Crippen molar-refractivity contribution in [3.05, 3.63) is 29.3 Å². The molecule has 1 heterocycles. The molecule has 1 spiro atoms. The SMILES string of the molecule is CCc1ccc2c(c1)C(C#N)CC1(CCCC1)O2. The smallest absolute Gasteiger partial charge is 0.124 e. The number of aryl methyl sites for hydroxylation is 1. The van der Waals surface area contributed by atoms with E-state index in [-0.39, 0.29) is 11.5 Å². The summed E-state index contributed by atoms with van der Waals surface area (Å²) >= 11 is 0. The monoisotopic (exact) mass is 241 g/mol. The predicted octanol–water partition coefficient (Wildman–Crippen LogP) is 3.95. The third-order valence-corrected chi connectivity index (χ3v) is 4.43. The lowest BCUT2D eigenvalue weighted by atomic mass is 9.81. The van der Waals surface area contributed by atoms with E-state index in [0.717, 1.165) is 37.0 Å². The highest BCUT2D eigenvalue weighted by Crippen LogP contribution is 2.47. The van der Waals surface area contributed by atoms with Gasteiger partial charge in [-0.05, 0) is 43.7 Å². The Morgan fingerprint density at radius 1 is 1.39 bits per heavy atom. The van der Waals surface area contributed by atoms with E-state index >= 15 is 0 Å². The second-order valence-corrected chi connectivity index (χ2v) is 5.60. The zero-order valence-electron chi connectivity index (χ0n) is 10.9. The summed E-state index contributed by atoms with van der Waals surface area (Å²) in [5.74, 6) is 0.963. The van der Waals surface area contributed by atoms with Crippen molar-refractivity contribution in [2.24, 2.45) is 0 Å². The Kier molecular flexibility index (Phi) is 2.78. The van der Waals surface area contributed by atoms with Gasteiger partial charge in [0.2, 0.25) is 0 Å². The first kappa shape index (κ1) is 11.6. The van der Waals surface area contributed by atoms with Crippen molar-refractivity contribution >= 4 is 0 Å². The summed E-state index contributed by atoms with van der Waals surface area (Å²) in [5.41, 5.74) is 2.36. The fraction of sp³-hybridized carbons (Fsp3) is 0.562. The minimum absolute atomic E-state index is 0.0124. The molecule has 94 valence electrons. The lowest BCUT2D eigenvalue weighted by Gasteiger charge is -2.38. The molecule has 1 saturated carbocycles. The zero-order valence-corrected chi connectivity index (χ0v) is 10.9. The van der Waals surface area contributed by atoms with Crippen molar-refractivity contribution in [3.8, 4) is 11.8 Å². The molecule has 1 aromatic carbocycles. The van der Waals surface area contributed by atoms with Crippen molar-refractivity contribution in [1.29, 1.82) is 5.26 Å². The minimum Gasteiger partial charge on any atom is -0.487 e. The summed E-state index contributed by atoms with van der Waals surface area (Å²) in [6, 6.07) is 8.83. The van der Waals surface area contributed by atoms with Crippen LogP contribution in [0.1, 0.15) is 56.1 Å². The van der Waals surface area contributed by atoms with Gasteiger partial charge in [0.05, 0.1) is 12.0 Å². The van der Waals surface area contributed by atoms with Gasteiger partial charge >= 0.3 is 0 Å². The van der Waals surface area contributed by atoms with Gasteiger partial charge < -0.3 is 4.74 Å². The number of ether oxygens (including phenoxy) is 1. The van der Waals surface area contributed by atoms with Crippen molar-refractivity contribution in [2.45, 2.75) is 57.0 Å². The Morgan fingerprint density at radius 3 is 2.83 bits per heavy atom. The Hall–Kier alpha value is -1.49. The van der Waals surface area contributed by atoms with Crippen LogP contribution < -0.4 is 4.74 Å². The van der Waals surface area contributed by atoms with Gasteiger partial charge in [0.15, 0.2) is 0 Å². The largest absolute Gasteiger partial charge is 0.487 e. The Morgan fingerprint density at radius 2 is 2.17 bits per heavy atom. The standard InChI is InChI=1S/C16H19NO/c1-2-12-5-6-15-14(9-12)13(11-17)10-16(18-15)7-3-4-8-16/h5-6,9,13H,2-4,7-8,10H2,1H3. The average Bonchev–Trinajstić information content (AvgIpc) is 2.85. The quantitative estimate of drug-likeness (QED) is 0.745. The number of benzene rings is 1. The number of nitrogens with zero attached hydrogens (tertiary/aromatic N) is 1. The minimum atomic E-state index is -0.0405. The molecule has 0 saturated heterocycles. The van der Waals surface area contributed by atoms with E-state index < -0.39 is 0 Å². The van der Waals surface area contributed by atoms with E-state index in [2.05, 4.69) is 31.2 Å². The number of hydrogen-bond donors (Lipinski definition) is 0. The van der Waals surface area contributed by atoms with Crippen LogP contribution >= 0.6 is 0 Å². The van der Waals surface area contributed by atoms with Crippen LogP contribution in [0.2, 0.25) is 0 Å². The summed E-state index contributed by atoms with van der Waals surface area (Å²) in [5, 5.41) is 9.44. The maximum absolute atomic E-state index is 9.44. The molecule has 0 bridgehead atoms. The maximum Gasteiger partial charge on any atom is 0.124 e. The lowest BCUT2D eigenvalue weighted by molar-refractivity contribution is 0.0484.